The van der Waals surface area contributed by atoms with Crippen molar-refractivity contribution in [2.75, 3.05) is 13.2 Å². The molecular weight excluding hydrogens is 678 g/mol. The molecule has 0 radical (unpaired) electrons. The van der Waals surface area contributed by atoms with Gasteiger partial charge in [0.2, 0.25) is 10.0 Å². The Bertz CT molecular complexity index is 2220. The fourth-order valence-corrected chi connectivity index (χ4v) is 7.57. The molecule has 6 aromatic rings. The number of ether oxygens (including phenoxy) is 1. The second-order valence-electron chi connectivity index (χ2n) is 11.5. The van der Waals surface area contributed by atoms with Crippen molar-refractivity contribution in [1.82, 2.24) is 9.29 Å². The van der Waals surface area contributed by atoms with Gasteiger partial charge in [-0.2, -0.15) is 0 Å². The first-order valence-electron chi connectivity index (χ1n) is 15.7. The number of carboxylic acid groups (broad SMARTS) is 1. The van der Waals surface area contributed by atoms with E-state index in [4.69, 9.17) is 16.3 Å². The fraction of sp³-hybridized carbons (Fsp3) is 0.132. The molecule has 0 aliphatic rings. The van der Waals surface area contributed by atoms with Crippen molar-refractivity contribution in [1.29, 1.82) is 0 Å². The van der Waals surface area contributed by atoms with Gasteiger partial charge >= 0.3 is 5.97 Å². The second kappa shape index (κ2) is 15.0. The minimum absolute atomic E-state index is 0.0563. The van der Waals surface area contributed by atoms with Crippen molar-refractivity contribution in [2.24, 2.45) is 0 Å². The molecule has 0 aliphatic carbocycles. The first-order valence-corrected chi connectivity index (χ1v) is 17.6. The minimum atomic E-state index is -4.24. The molecule has 0 amide bonds. The second-order valence-corrected chi connectivity index (χ2v) is 13.7. The van der Waals surface area contributed by atoms with Gasteiger partial charge in [-0.15, -0.1) is 0 Å². The average molecular weight is 710 g/mol. The summed E-state index contributed by atoms with van der Waals surface area (Å²) >= 11 is 6.57. The highest BCUT2D eigenvalue weighted by molar-refractivity contribution is 7.89. The summed E-state index contributed by atoms with van der Waals surface area (Å²) in [7, 11) is -4.24. The first-order chi connectivity index (χ1) is 24.1. The van der Waals surface area contributed by atoms with Crippen LogP contribution in [-0.2, 0) is 22.9 Å². The van der Waals surface area contributed by atoms with Crippen LogP contribution in [0.1, 0.15) is 38.8 Å². The highest BCUT2D eigenvalue weighted by Gasteiger charge is 2.28. The maximum absolute atomic E-state index is 13.4. The highest BCUT2D eigenvalue weighted by atomic mass is 35.5. The Morgan fingerprint density at radius 3 is 2.10 bits per heavy atom. The van der Waals surface area contributed by atoms with Crippen molar-refractivity contribution < 1.29 is 28.0 Å². The molecule has 0 bridgehead atoms. The number of para-hydroxylation sites is 1. The van der Waals surface area contributed by atoms with Crippen LogP contribution in [0, 0.1) is 10.1 Å². The lowest BCUT2D eigenvalue weighted by Gasteiger charge is -2.25. The molecule has 0 saturated heterocycles. The van der Waals surface area contributed by atoms with Crippen molar-refractivity contribution in [3.63, 3.8) is 0 Å². The molecule has 0 aliphatic heterocycles. The van der Waals surface area contributed by atoms with Crippen LogP contribution < -0.4 is 9.46 Å². The lowest BCUT2D eigenvalue weighted by molar-refractivity contribution is -0.387. The van der Waals surface area contributed by atoms with Crippen LogP contribution in [0.15, 0.2) is 132 Å². The maximum atomic E-state index is 13.4. The van der Waals surface area contributed by atoms with Crippen molar-refractivity contribution in [2.45, 2.75) is 23.8 Å². The van der Waals surface area contributed by atoms with Crippen LogP contribution in [0.25, 0.3) is 10.9 Å². The average Bonchev–Trinajstić information content (AvgIpc) is 3.40. The van der Waals surface area contributed by atoms with Gasteiger partial charge in [-0.1, -0.05) is 84.4 Å². The molecule has 0 spiro atoms. The summed E-state index contributed by atoms with van der Waals surface area (Å²) < 4.78 is 37.7. The SMILES string of the molecule is O=C(O)c1ccc(OCCc2c(CCNS(=O)(=O)c3ccccc3[N+](=O)[O-])n(C(c3ccccc3)c3ccccc3)c3ccc(Cl)cc23)cc1. The summed E-state index contributed by atoms with van der Waals surface area (Å²) in [6.07, 6.45) is 0.637. The molecule has 5 aromatic carbocycles. The number of nitrogens with one attached hydrogen (secondary N) is 1. The van der Waals surface area contributed by atoms with E-state index in [0.717, 1.165) is 39.4 Å². The molecule has 0 atom stereocenters. The Morgan fingerprint density at radius 1 is 0.860 bits per heavy atom. The lowest BCUT2D eigenvalue weighted by atomic mass is 9.97. The molecule has 1 aromatic heterocycles. The van der Waals surface area contributed by atoms with Gasteiger partial charge in [0.25, 0.3) is 5.69 Å². The number of rotatable bonds is 14. The monoisotopic (exact) mass is 709 g/mol. The number of nitro benzene ring substituents is 1. The quantitative estimate of drug-likeness (QED) is 0.0873. The van der Waals surface area contributed by atoms with E-state index < -0.39 is 31.5 Å². The number of sulfonamides is 1. The van der Waals surface area contributed by atoms with Crippen molar-refractivity contribution >= 4 is 44.2 Å². The minimum Gasteiger partial charge on any atom is -0.493 e. The molecule has 10 nitrogen and oxygen atoms in total. The summed E-state index contributed by atoms with van der Waals surface area (Å²) in [5.41, 5.74) is 4.26. The summed E-state index contributed by atoms with van der Waals surface area (Å²) in [5, 5.41) is 22.3. The first kappa shape index (κ1) is 34.4. The predicted octanol–water partition coefficient (Wildman–Crippen LogP) is 7.68. The lowest BCUT2D eigenvalue weighted by Crippen LogP contribution is -2.28. The molecule has 1 heterocycles. The van der Waals surface area contributed by atoms with E-state index in [9.17, 15) is 28.4 Å². The van der Waals surface area contributed by atoms with Gasteiger partial charge in [0.05, 0.1) is 23.1 Å². The Balaban J connectivity index is 1.44. The molecule has 254 valence electrons. The van der Waals surface area contributed by atoms with E-state index >= 15 is 0 Å². The number of fused-ring (bicyclic) bond motifs is 1. The molecule has 2 N–H and O–H groups in total. The van der Waals surface area contributed by atoms with Crippen LogP contribution in [0.4, 0.5) is 5.69 Å². The number of nitrogens with zero attached hydrogens (tertiary/aromatic N) is 2. The molecule has 0 unspecified atom stereocenters. The van der Waals surface area contributed by atoms with Gasteiger partial charge in [0, 0.05) is 47.1 Å². The van der Waals surface area contributed by atoms with Crippen molar-refractivity contribution in [3.05, 3.63) is 170 Å². The highest BCUT2D eigenvalue weighted by Crippen LogP contribution is 2.38. The zero-order chi connectivity index (χ0) is 35.3. The Morgan fingerprint density at radius 2 is 1.48 bits per heavy atom. The van der Waals surface area contributed by atoms with Gasteiger partial charge in [-0.25, -0.2) is 17.9 Å². The zero-order valence-electron chi connectivity index (χ0n) is 26.6. The van der Waals surface area contributed by atoms with Gasteiger partial charge < -0.3 is 14.4 Å². The largest absolute Gasteiger partial charge is 0.493 e. The Hall–Kier alpha value is -5.49. The molecule has 12 heteroatoms. The standard InChI is InChI=1S/C38H32ClN3O7S/c39-29-17-20-33-32(25-29)31(22-24-49-30-18-15-28(16-19-30)38(43)44)34(21-23-40-50(47,48)36-14-8-7-13-35(36)42(45)46)41(33)37(26-9-3-1-4-10-26)27-11-5-2-6-12-27/h1-20,25,37,40H,21-24H2,(H,43,44). The molecule has 6 rings (SSSR count). The van der Waals surface area contributed by atoms with Gasteiger partial charge in [0.15, 0.2) is 4.90 Å². The summed E-state index contributed by atoms with van der Waals surface area (Å²) in [5.74, 6) is -0.531. The van der Waals surface area contributed by atoms with E-state index in [1.165, 1.54) is 30.3 Å². The third-order valence-electron chi connectivity index (χ3n) is 8.40. The van der Waals surface area contributed by atoms with Crippen LogP contribution in [0.2, 0.25) is 5.02 Å². The number of halogens is 1. The molecular formula is C38H32ClN3O7S. The van der Waals surface area contributed by atoms with Crippen LogP contribution in [0.3, 0.4) is 0 Å². The molecule has 50 heavy (non-hydrogen) atoms. The summed E-state index contributed by atoms with van der Waals surface area (Å²) in [6, 6.07) is 36.7. The fourth-order valence-electron chi connectivity index (χ4n) is 6.19. The summed E-state index contributed by atoms with van der Waals surface area (Å²) in [4.78, 5) is 21.8. The smallest absolute Gasteiger partial charge is 0.335 e. The number of aromatic nitrogens is 1. The van der Waals surface area contributed by atoms with Gasteiger partial charge in [-0.05, 0) is 65.2 Å². The zero-order valence-corrected chi connectivity index (χ0v) is 28.2. The van der Waals surface area contributed by atoms with Gasteiger partial charge in [0.1, 0.15) is 5.75 Å². The predicted molar refractivity (Wildman–Crippen MR) is 192 cm³/mol. The number of hydrogen-bond acceptors (Lipinski definition) is 6. The number of aromatic carboxylic acids is 1. The van der Waals surface area contributed by atoms with Crippen LogP contribution in [0.5, 0.6) is 5.75 Å². The van der Waals surface area contributed by atoms with E-state index in [-0.39, 0.29) is 31.2 Å². The maximum Gasteiger partial charge on any atom is 0.335 e. The Labute approximate surface area is 293 Å². The number of hydrogen-bond donors (Lipinski definition) is 2. The van der Waals surface area contributed by atoms with Crippen LogP contribution >= 0.6 is 11.6 Å². The third-order valence-corrected chi connectivity index (χ3v) is 10.1. The Kier molecular flexibility index (Phi) is 10.3. The molecule has 0 fully saturated rings. The normalized spacial score (nSPS) is 11.6. The topological polar surface area (TPSA) is 141 Å². The van der Waals surface area contributed by atoms with E-state index in [2.05, 4.69) is 9.29 Å². The van der Waals surface area contributed by atoms with E-state index in [0.29, 0.717) is 17.2 Å². The number of carbonyl (C=O) groups is 1. The van der Waals surface area contributed by atoms with Gasteiger partial charge in [-0.3, -0.25) is 10.1 Å². The number of benzene rings is 5. The third kappa shape index (κ3) is 7.40. The van der Waals surface area contributed by atoms with Crippen molar-refractivity contribution in [3.8, 4) is 5.75 Å². The van der Waals surface area contributed by atoms with Crippen LogP contribution in [-0.4, -0.2) is 42.1 Å². The van der Waals surface area contributed by atoms with E-state index in [1.54, 1.807) is 12.1 Å². The molecule has 0 saturated carbocycles. The number of nitro groups is 1. The summed E-state index contributed by atoms with van der Waals surface area (Å²) in [6.45, 7) is 0.174. The van der Waals surface area contributed by atoms with E-state index in [1.807, 2.05) is 78.9 Å². The number of carboxylic acids is 1.